The zero-order valence-electron chi connectivity index (χ0n) is 16.4. The van der Waals surface area contributed by atoms with Gasteiger partial charge in [-0.25, -0.2) is 9.37 Å². The third-order valence-electron chi connectivity index (χ3n) is 5.30. The maximum Gasteiger partial charge on any atom is 0.274 e. The Morgan fingerprint density at radius 1 is 1.03 bits per heavy atom. The Labute approximate surface area is 169 Å². The van der Waals surface area contributed by atoms with Gasteiger partial charge in [0.05, 0.1) is 11.9 Å². The van der Waals surface area contributed by atoms with Crippen LogP contribution in [0.2, 0.25) is 0 Å². The molecule has 4 rings (SSSR count). The van der Waals surface area contributed by atoms with Crippen LogP contribution in [0.5, 0.6) is 0 Å². The van der Waals surface area contributed by atoms with Gasteiger partial charge in [0.1, 0.15) is 11.5 Å². The second kappa shape index (κ2) is 8.47. The van der Waals surface area contributed by atoms with E-state index in [9.17, 15) is 9.18 Å². The fourth-order valence-corrected chi connectivity index (χ4v) is 3.69. The van der Waals surface area contributed by atoms with E-state index < -0.39 is 0 Å². The van der Waals surface area contributed by atoms with Gasteiger partial charge in [-0.2, -0.15) is 0 Å². The Morgan fingerprint density at radius 2 is 1.83 bits per heavy atom. The molecule has 0 bridgehead atoms. The molecule has 0 spiro atoms. The average molecular weight is 390 g/mol. The van der Waals surface area contributed by atoms with E-state index in [1.807, 2.05) is 24.1 Å². The highest BCUT2D eigenvalue weighted by molar-refractivity contribution is 5.92. The van der Waals surface area contributed by atoms with Crippen LogP contribution in [-0.2, 0) is 6.42 Å². The molecule has 1 aliphatic heterocycles. The van der Waals surface area contributed by atoms with Gasteiger partial charge in [-0.15, -0.1) is 0 Å². The summed E-state index contributed by atoms with van der Waals surface area (Å²) in [5, 5.41) is 0. The second-order valence-corrected chi connectivity index (χ2v) is 7.53. The summed E-state index contributed by atoms with van der Waals surface area (Å²) in [6, 6.07) is 10.6. The van der Waals surface area contributed by atoms with Crippen molar-refractivity contribution in [1.82, 2.24) is 19.9 Å². The number of amides is 1. The van der Waals surface area contributed by atoms with Crippen molar-refractivity contribution >= 4 is 5.91 Å². The highest BCUT2D eigenvalue weighted by Crippen LogP contribution is 2.26. The molecule has 3 aromatic rings. The summed E-state index contributed by atoms with van der Waals surface area (Å²) < 4.78 is 13.1. The van der Waals surface area contributed by atoms with Crippen molar-refractivity contribution < 1.29 is 9.18 Å². The molecule has 148 valence electrons. The molecule has 0 N–H and O–H groups in total. The molecule has 1 aromatic carbocycles. The number of likely N-dealkylation sites (tertiary alicyclic amines) is 1. The van der Waals surface area contributed by atoms with Gasteiger partial charge in [-0.1, -0.05) is 18.2 Å². The first-order valence-electron chi connectivity index (χ1n) is 9.85. The van der Waals surface area contributed by atoms with Crippen LogP contribution in [-0.4, -0.2) is 38.8 Å². The molecule has 5 nitrogen and oxygen atoms in total. The van der Waals surface area contributed by atoms with Crippen LogP contribution in [0, 0.1) is 12.7 Å². The largest absolute Gasteiger partial charge is 0.337 e. The van der Waals surface area contributed by atoms with Gasteiger partial charge >= 0.3 is 0 Å². The summed E-state index contributed by atoms with van der Waals surface area (Å²) in [4.78, 5) is 27.6. The molecule has 0 aliphatic carbocycles. The van der Waals surface area contributed by atoms with E-state index >= 15 is 0 Å². The Balaban J connectivity index is 1.42. The van der Waals surface area contributed by atoms with Crippen molar-refractivity contribution in [3.63, 3.8) is 0 Å². The quantitative estimate of drug-likeness (QED) is 0.677. The van der Waals surface area contributed by atoms with E-state index in [4.69, 9.17) is 0 Å². The lowest BCUT2D eigenvalue weighted by atomic mass is 9.93. The maximum atomic E-state index is 13.1. The lowest BCUT2D eigenvalue weighted by molar-refractivity contribution is 0.0699. The number of carbonyl (C=O) groups is 1. The first-order chi connectivity index (χ1) is 14.1. The summed E-state index contributed by atoms with van der Waals surface area (Å²) >= 11 is 0. The first-order valence-corrected chi connectivity index (χ1v) is 9.85. The van der Waals surface area contributed by atoms with Gasteiger partial charge < -0.3 is 4.90 Å². The lowest BCUT2D eigenvalue weighted by Crippen LogP contribution is -2.39. The minimum atomic E-state index is -0.227. The van der Waals surface area contributed by atoms with Crippen LogP contribution in [0.25, 0.3) is 0 Å². The van der Waals surface area contributed by atoms with Crippen molar-refractivity contribution in [3.8, 4) is 0 Å². The van der Waals surface area contributed by atoms with Gasteiger partial charge in [0.2, 0.25) is 0 Å². The van der Waals surface area contributed by atoms with E-state index in [2.05, 4.69) is 21.0 Å². The number of nitrogens with zero attached hydrogens (tertiary/aromatic N) is 4. The average Bonchev–Trinajstić information content (AvgIpc) is 2.76. The fraction of sp³-hybridized carbons (Fsp3) is 0.304. The molecule has 1 fully saturated rings. The Bertz CT molecular complexity index is 971. The number of piperidine rings is 1. The molecular formula is C23H23FN4O. The number of carbonyl (C=O) groups excluding carboxylic acids is 1. The monoisotopic (exact) mass is 390 g/mol. The number of pyridine rings is 1. The van der Waals surface area contributed by atoms with Gasteiger partial charge in [-0.05, 0) is 55.5 Å². The second-order valence-electron chi connectivity index (χ2n) is 7.53. The molecule has 2 aromatic heterocycles. The molecule has 1 aliphatic rings. The highest BCUT2D eigenvalue weighted by Gasteiger charge is 2.27. The van der Waals surface area contributed by atoms with Gasteiger partial charge in [0.15, 0.2) is 0 Å². The standard InChI is InChI=1S/C23H23FN4O/c1-16-12-26-22(14-25-16)23(29)28-10-2-3-19(15-28)21-9-6-18(13-27-21)11-17-4-7-20(24)8-5-17/h4-9,12-14,19H,2-3,10-11,15H2,1H3. The van der Waals surface area contributed by atoms with E-state index in [0.717, 1.165) is 48.3 Å². The summed E-state index contributed by atoms with van der Waals surface area (Å²) in [6.45, 7) is 3.22. The number of aromatic nitrogens is 3. The minimum absolute atomic E-state index is 0.0740. The maximum absolute atomic E-state index is 13.1. The number of benzene rings is 1. The number of aryl methyl sites for hydroxylation is 1. The number of hydrogen-bond donors (Lipinski definition) is 0. The van der Waals surface area contributed by atoms with Crippen molar-refractivity contribution in [2.24, 2.45) is 0 Å². The van der Waals surface area contributed by atoms with E-state index in [1.54, 1.807) is 24.5 Å². The van der Waals surface area contributed by atoms with E-state index in [-0.39, 0.29) is 17.6 Å². The van der Waals surface area contributed by atoms with Crippen molar-refractivity contribution in [2.45, 2.75) is 32.1 Å². The molecule has 1 unspecified atom stereocenters. The third-order valence-corrected chi connectivity index (χ3v) is 5.30. The van der Waals surface area contributed by atoms with Crippen LogP contribution < -0.4 is 0 Å². The predicted molar refractivity (Wildman–Crippen MR) is 108 cm³/mol. The molecule has 0 saturated carbocycles. The lowest BCUT2D eigenvalue weighted by Gasteiger charge is -2.32. The van der Waals surface area contributed by atoms with Gasteiger partial charge in [-0.3, -0.25) is 14.8 Å². The van der Waals surface area contributed by atoms with Crippen molar-refractivity contribution in [1.29, 1.82) is 0 Å². The molecule has 0 radical (unpaired) electrons. The van der Waals surface area contributed by atoms with E-state index in [1.165, 1.54) is 12.1 Å². The topological polar surface area (TPSA) is 59.0 Å². The summed E-state index contributed by atoms with van der Waals surface area (Å²) in [7, 11) is 0. The first kappa shape index (κ1) is 19.2. The zero-order valence-corrected chi connectivity index (χ0v) is 16.4. The molecule has 1 amide bonds. The van der Waals surface area contributed by atoms with Crippen LogP contribution in [0.4, 0.5) is 4.39 Å². The normalized spacial score (nSPS) is 16.6. The SMILES string of the molecule is Cc1cnc(C(=O)N2CCCC(c3ccc(Cc4ccc(F)cc4)cn3)C2)cn1. The Kier molecular flexibility index (Phi) is 5.60. The molecule has 29 heavy (non-hydrogen) atoms. The van der Waals surface area contributed by atoms with Crippen LogP contribution in [0.15, 0.2) is 55.0 Å². The van der Waals surface area contributed by atoms with Crippen LogP contribution >= 0.6 is 0 Å². The predicted octanol–water partition coefficient (Wildman–Crippen LogP) is 3.93. The summed E-state index contributed by atoms with van der Waals surface area (Å²) in [5.41, 5.74) is 4.32. The molecule has 6 heteroatoms. The summed E-state index contributed by atoms with van der Waals surface area (Å²) in [5.74, 6) is -0.0867. The molecule has 1 saturated heterocycles. The minimum Gasteiger partial charge on any atom is -0.337 e. The highest BCUT2D eigenvalue weighted by atomic mass is 19.1. The fourth-order valence-electron chi connectivity index (χ4n) is 3.69. The number of rotatable bonds is 4. The zero-order chi connectivity index (χ0) is 20.2. The van der Waals surface area contributed by atoms with Crippen molar-refractivity contribution in [3.05, 3.63) is 89.0 Å². The van der Waals surface area contributed by atoms with E-state index in [0.29, 0.717) is 12.2 Å². The Hall–Kier alpha value is -3.15. The van der Waals surface area contributed by atoms with Crippen LogP contribution in [0.1, 0.15) is 51.8 Å². The number of hydrogen-bond acceptors (Lipinski definition) is 4. The smallest absolute Gasteiger partial charge is 0.274 e. The summed E-state index contributed by atoms with van der Waals surface area (Å²) in [6.07, 6.45) is 7.71. The molecule has 1 atom stereocenters. The Morgan fingerprint density at radius 3 is 2.52 bits per heavy atom. The van der Waals surface area contributed by atoms with Crippen LogP contribution in [0.3, 0.4) is 0 Å². The van der Waals surface area contributed by atoms with Gasteiger partial charge in [0.25, 0.3) is 5.91 Å². The molecule has 3 heterocycles. The molecular weight excluding hydrogens is 367 g/mol. The number of halogens is 1. The third kappa shape index (κ3) is 4.65. The van der Waals surface area contributed by atoms with Gasteiger partial charge in [0, 0.05) is 37.1 Å². The van der Waals surface area contributed by atoms with Crippen molar-refractivity contribution in [2.75, 3.05) is 13.1 Å².